The summed E-state index contributed by atoms with van der Waals surface area (Å²) >= 11 is 0. The number of morpholine rings is 1. The van der Waals surface area contributed by atoms with Gasteiger partial charge in [0.05, 0.1) is 24.2 Å². The number of nitrogens with zero attached hydrogens (tertiary/aromatic N) is 6. The van der Waals surface area contributed by atoms with Gasteiger partial charge in [-0.15, -0.1) is 5.10 Å². The number of nitrogens with one attached hydrogen (secondary N) is 2. The molecule has 0 bridgehead atoms. The summed E-state index contributed by atoms with van der Waals surface area (Å²) in [6.45, 7) is 4.31. The average Bonchev–Trinajstić information content (AvgIpc) is 3.45. The van der Waals surface area contributed by atoms with E-state index in [1.165, 1.54) is 0 Å². The molecule has 0 spiro atoms. The Morgan fingerprint density at radius 3 is 2.74 bits per heavy atom. The predicted octanol–water partition coefficient (Wildman–Crippen LogP) is 3.19. The van der Waals surface area contributed by atoms with Crippen LogP contribution in [-0.4, -0.2) is 66.7 Å². The molecule has 5 aromatic rings. The van der Waals surface area contributed by atoms with Gasteiger partial charge in [-0.1, -0.05) is 12.1 Å². The molecule has 0 atom stereocenters. The van der Waals surface area contributed by atoms with Gasteiger partial charge >= 0.3 is 0 Å². The fourth-order valence-corrected chi connectivity index (χ4v) is 4.14. The zero-order valence-corrected chi connectivity index (χ0v) is 18.5. The number of fused-ring (bicyclic) bond motifs is 2. The number of amides is 1. The Labute approximate surface area is 194 Å². The Balaban J connectivity index is 1.27. The van der Waals surface area contributed by atoms with Crippen molar-refractivity contribution >= 4 is 34.2 Å². The van der Waals surface area contributed by atoms with E-state index in [0.717, 1.165) is 28.1 Å². The highest BCUT2D eigenvalue weighted by atomic mass is 16.5. The van der Waals surface area contributed by atoms with E-state index in [9.17, 15) is 4.79 Å². The van der Waals surface area contributed by atoms with Gasteiger partial charge in [0.15, 0.2) is 5.65 Å². The van der Waals surface area contributed by atoms with Crippen LogP contribution in [-0.2, 0) is 4.74 Å². The number of benzene rings is 2. The maximum absolute atomic E-state index is 12.7. The topological polar surface area (TPSA) is 113 Å². The monoisotopic (exact) mass is 454 g/mol. The molecular weight excluding hydrogens is 432 g/mol. The average molecular weight is 454 g/mol. The highest BCUT2D eigenvalue weighted by molar-refractivity contribution is 5.95. The van der Waals surface area contributed by atoms with Crippen molar-refractivity contribution in [2.45, 2.75) is 6.92 Å². The van der Waals surface area contributed by atoms with Crippen molar-refractivity contribution in [2.75, 3.05) is 31.6 Å². The lowest BCUT2D eigenvalue weighted by molar-refractivity contribution is 0.0303. The number of aromatic nitrogens is 6. The number of carbonyl (C=O) groups is 1. The Morgan fingerprint density at radius 2 is 1.91 bits per heavy atom. The van der Waals surface area contributed by atoms with E-state index in [2.05, 4.69) is 30.4 Å². The van der Waals surface area contributed by atoms with Crippen LogP contribution in [0.4, 0.5) is 11.6 Å². The first-order valence-electron chi connectivity index (χ1n) is 11.1. The smallest absolute Gasteiger partial charge is 0.254 e. The van der Waals surface area contributed by atoms with Crippen LogP contribution in [0.15, 0.2) is 54.9 Å². The van der Waals surface area contributed by atoms with Gasteiger partial charge in [-0.3, -0.25) is 9.78 Å². The zero-order valence-electron chi connectivity index (χ0n) is 18.5. The van der Waals surface area contributed by atoms with Gasteiger partial charge in [0.25, 0.3) is 5.91 Å². The minimum atomic E-state index is 0.0133. The molecule has 1 amide bonds. The fourth-order valence-electron chi connectivity index (χ4n) is 4.14. The number of aryl methyl sites for hydroxylation is 1. The largest absolute Gasteiger partial charge is 0.378 e. The molecule has 4 heterocycles. The quantitative estimate of drug-likeness (QED) is 0.429. The molecule has 0 unspecified atom stereocenters. The van der Waals surface area contributed by atoms with Crippen molar-refractivity contribution < 1.29 is 9.53 Å². The molecular formula is C24H22N8O2. The molecule has 1 saturated heterocycles. The van der Waals surface area contributed by atoms with Crippen molar-refractivity contribution in [3.8, 4) is 11.3 Å². The number of rotatable bonds is 4. The molecule has 6 rings (SSSR count). The summed E-state index contributed by atoms with van der Waals surface area (Å²) in [6, 6.07) is 13.3. The number of ether oxygens (including phenoxy) is 1. The first kappa shape index (κ1) is 20.3. The van der Waals surface area contributed by atoms with Crippen LogP contribution in [0, 0.1) is 6.92 Å². The van der Waals surface area contributed by atoms with Crippen LogP contribution < -0.4 is 5.32 Å². The standard InChI is InChI=1S/C24H22N8O2/c1-15-26-19-7-6-18(14-20(19)27-15)28-24-29-22-21(25-8-9-32(22)30-24)16-2-4-17(5-3-16)23(33)31-10-12-34-13-11-31/h2-9,14H,10-13H2,1H3,(H,26,27)(H,28,30). The minimum absolute atomic E-state index is 0.0133. The SMILES string of the molecule is Cc1nc2ccc(Nc3nc4c(-c5ccc(C(=O)N6CCOCC6)cc5)nccn4n3)cc2[nH]1. The van der Waals surface area contributed by atoms with Crippen molar-refractivity contribution in [1.82, 2.24) is 34.4 Å². The maximum atomic E-state index is 12.7. The minimum Gasteiger partial charge on any atom is -0.378 e. The van der Waals surface area contributed by atoms with Gasteiger partial charge in [0, 0.05) is 42.3 Å². The second-order valence-electron chi connectivity index (χ2n) is 8.14. The van der Waals surface area contributed by atoms with E-state index in [1.54, 1.807) is 16.9 Å². The molecule has 170 valence electrons. The molecule has 2 N–H and O–H groups in total. The number of H-pyrrole nitrogens is 1. The third kappa shape index (κ3) is 3.73. The summed E-state index contributed by atoms with van der Waals surface area (Å²) in [6.07, 6.45) is 3.45. The number of anilines is 2. The lowest BCUT2D eigenvalue weighted by Gasteiger charge is -2.26. The summed E-state index contributed by atoms with van der Waals surface area (Å²) in [5, 5.41) is 7.80. The van der Waals surface area contributed by atoms with Crippen molar-refractivity contribution in [2.24, 2.45) is 0 Å². The summed E-state index contributed by atoms with van der Waals surface area (Å²) in [7, 11) is 0. The van der Waals surface area contributed by atoms with Crippen LogP contribution in [0.25, 0.3) is 27.9 Å². The number of imidazole rings is 1. The second kappa shape index (κ2) is 8.23. The molecule has 0 radical (unpaired) electrons. The van der Waals surface area contributed by atoms with E-state index in [0.29, 0.717) is 49.2 Å². The number of hydrogen-bond donors (Lipinski definition) is 2. The Bertz CT molecular complexity index is 1500. The maximum Gasteiger partial charge on any atom is 0.254 e. The van der Waals surface area contributed by atoms with Gasteiger partial charge in [0.2, 0.25) is 5.95 Å². The highest BCUT2D eigenvalue weighted by Crippen LogP contribution is 2.25. The van der Waals surface area contributed by atoms with Crippen LogP contribution >= 0.6 is 0 Å². The normalized spacial score (nSPS) is 14.1. The Kier molecular flexibility index (Phi) is 4.92. The first-order valence-corrected chi connectivity index (χ1v) is 11.1. The van der Waals surface area contributed by atoms with Crippen molar-refractivity contribution in [3.63, 3.8) is 0 Å². The van der Waals surface area contributed by atoms with Crippen molar-refractivity contribution in [1.29, 1.82) is 0 Å². The van der Waals surface area contributed by atoms with Gasteiger partial charge in [-0.25, -0.2) is 9.50 Å². The molecule has 0 aliphatic carbocycles. The Hall–Kier alpha value is -4.31. The predicted molar refractivity (Wildman–Crippen MR) is 127 cm³/mol. The van der Waals surface area contributed by atoms with Crippen LogP contribution in [0.2, 0.25) is 0 Å². The first-order chi connectivity index (χ1) is 16.6. The summed E-state index contributed by atoms with van der Waals surface area (Å²) in [5.41, 5.74) is 5.52. The van der Waals surface area contributed by atoms with E-state index in [1.807, 2.05) is 54.3 Å². The molecule has 3 aromatic heterocycles. The molecule has 34 heavy (non-hydrogen) atoms. The molecule has 1 aliphatic heterocycles. The van der Waals surface area contributed by atoms with Crippen LogP contribution in [0.1, 0.15) is 16.2 Å². The van der Waals surface area contributed by atoms with E-state index in [-0.39, 0.29) is 5.91 Å². The number of carbonyl (C=O) groups excluding carboxylic acids is 1. The van der Waals surface area contributed by atoms with Gasteiger partial charge in [-0.2, -0.15) is 4.98 Å². The fraction of sp³-hybridized carbons (Fsp3) is 0.208. The highest BCUT2D eigenvalue weighted by Gasteiger charge is 2.19. The summed E-state index contributed by atoms with van der Waals surface area (Å²) in [4.78, 5) is 31.4. The number of aromatic amines is 1. The molecule has 10 heteroatoms. The second-order valence-corrected chi connectivity index (χ2v) is 8.14. The van der Waals surface area contributed by atoms with Crippen molar-refractivity contribution in [3.05, 3.63) is 66.2 Å². The third-order valence-electron chi connectivity index (χ3n) is 5.81. The van der Waals surface area contributed by atoms with Gasteiger partial charge in [-0.05, 0) is 37.3 Å². The summed E-state index contributed by atoms with van der Waals surface area (Å²) < 4.78 is 7.03. The zero-order chi connectivity index (χ0) is 23.1. The van der Waals surface area contributed by atoms with E-state index < -0.39 is 0 Å². The number of hydrogen-bond acceptors (Lipinski definition) is 7. The van der Waals surface area contributed by atoms with E-state index in [4.69, 9.17) is 4.74 Å². The summed E-state index contributed by atoms with van der Waals surface area (Å²) in [5.74, 6) is 1.34. The lowest BCUT2D eigenvalue weighted by atomic mass is 10.1. The van der Waals surface area contributed by atoms with Crippen LogP contribution in [0.5, 0.6) is 0 Å². The van der Waals surface area contributed by atoms with Crippen LogP contribution in [0.3, 0.4) is 0 Å². The molecule has 2 aromatic carbocycles. The molecule has 0 saturated carbocycles. The Morgan fingerprint density at radius 1 is 1.09 bits per heavy atom. The van der Waals surface area contributed by atoms with E-state index >= 15 is 0 Å². The van der Waals surface area contributed by atoms with Gasteiger partial charge in [0.1, 0.15) is 11.5 Å². The third-order valence-corrected chi connectivity index (χ3v) is 5.81. The molecule has 1 fully saturated rings. The lowest BCUT2D eigenvalue weighted by Crippen LogP contribution is -2.40. The molecule has 10 nitrogen and oxygen atoms in total. The van der Waals surface area contributed by atoms with Gasteiger partial charge < -0.3 is 19.9 Å². The molecule has 1 aliphatic rings.